The van der Waals surface area contributed by atoms with Crippen molar-refractivity contribution >= 4 is 28.4 Å². The lowest BCUT2D eigenvalue weighted by atomic mass is 10.2. The summed E-state index contributed by atoms with van der Waals surface area (Å²) >= 11 is 0. The third kappa shape index (κ3) is 6.01. The van der Waals surface area contributed by atoms with Crippen LogP contribution in [0.2, 0.25) is 0 Å². The summed E-state index contributed by atoms with van der Waals surface area (Å²) < 4.78 is 31.1. The number of sulfonamides is 1. The molecule has 0 radical (unpaired) electrons. The van der Waals surface area contributed by atoms with Crippen LogP contribution in [0.25, 0.3) is 0 Å². The predicted molar refractivity (Wildman–Crippen MR) is 83.4 cm³/mol. The summed E-state index contributed by atoms with van der Waals surface area (Å²) in [5, 5.41) is 3.11. The first-order valence-corrected chi connectivity index (χ1v) is 7.80. The van der Waals surface area contributed by atoms with E-state index in [0.717, 1.165) is 6.54 Å². The van der Waals surface area contributed by atoms with E-state index >= 15 is 0 Å². The molecule has 0 unspecified atom stereocenters. The van der Waals surface area contributed by atoms with Crippen molar-refractivity contribution in [2.75, 3.05) is 20.2 Å². The van der Waals surface area contributed by atoms with Gasteiger partial charge in [-0.1, -0.05) is 6.92 Å². The van der Waals surface area contributed by atoms with Crippen LogP contribution < -0.4 is 10.0 Å². The fraction of sp³-hybridized carbons (Fsp3) is 0.462. The van der Waals surface area contributed by atoms with Crippen LogP contribution >= 0.6 is 12.4 Å². The van der Waals surface area contributed by atoms with E-state index in [0.29, 0.717) is 12.1 Å². The topological polar surface area (TPSA) is 84.5 Å². The highest BCUT2D eigenvalue weighted by atomic mass is 35.5. The molecule has 0 heterocycles. The predicted octanol–water partition coefficient (Wildman–Crippen LogP) is 1.17. The van der Waals surface area contributed by atoms with Crippen molar-refractivity contribution in [1.29, 1.82) is 0 Å². The fourth-order valence-electron chi connectivity index (χ4n) is 1.63. The number of ether oxygens (including phenoxy) is 1. The Kier molecular flexibility index (Phi) is 8.50. The van der Waals surface area contributed by atoms with Crippen molar-refractivity contribution in [3.8, 4) is 0 Å². The zero-order valence-corrected chi connectivity index (χ0v) is 13.9. The molecule has 8 heteroatoms. The number of nitrogens with one attached hydrogen (secondary N) is 2. The summed E-state index contributed by atoms with van der Waals surface area (Å²) in [4.78, 5) is 11.4. The Morgan fingerprint density at radius 1 is 1.29 bits per heavy atom. The molecule has 0 aliphatic carbocycles. The lowest BCUT2D eigenvalue weighted by molar-refractivity contribution is 0.0600. The van der Waals surface area contributed by atoms with Gasteiger partial charge >= 0.3 is 5.97 Å². The van der Waals surface area contributed by atoms with Crippen LogP contribution in [0.3, 0.4) is 0 Å². The van der Waals surface area contributed by atoms with Crippen molar-refractivity contribution in [3.05, 3.63) is 29.8 Å². The molecule has 0 spiro atoms. The van der Waals surface area contributed by atoms with Crippen LogP contribution in [0.4, 0.5) is 0 Å². The second kappa shape index (κ2) is 8.99. The van der Waals surface area contributed by atoms with Gasteiger partial charge < -0.3 is 10.1 Å². The second-order valence-corrected chi connectivity index (χ2v) is 6.09. The molecule has 0 saturated heterocycles. The van der Waals surface area contributed by atoms with E-state index < -0.39 is 16.0 Å². The third-order valence-corrected chi connectivity index (χ3v) is 4.16. The molecule has 0 aliphatic rings. The van der Waals surface area contributed by atoms with E-state index in [-0.39, 0.29) is 23.3 Å². The maximum Gasteiger partial charge on any atom is 0.337 e. The van der Waals surface area contributed by atoms with E-state index in [9.17, 15) is 13.2 Å². The third-order valence-electron chi connectivity index (χ3n) is 2.72. The van der Waals surface area contributed by atoms with Crippen LogP contribution in [0.5, 0.6) is 0 Å². The molecule has 0 amide bonds. The van der Waals surface area contributed by atoms with E-state index in [1.165, 1.54) is 31.4 Å². The SMILES string of the molecule is CCN[C@H](C)CNS(=O)(=O)c1ccc(C(=O)OC)cc1.Cl. The van der Waals surface area contributed by atoms with Crippen LogP contribution in [0, 0.1) is 0 Å². The Balaban J connectivity index is 0.00000400. The molecule has 0 aromatic heterocycles. The number of carbonyl (C=O) groups is 1. The molecule has 0 saturated carbocycles. The van der Waals surface area contributed by atoms with Crippen molar-refractivity contribution in [2.45, 2.75) is 24.8 Å². The van der Waals surface area contributed by atoms with Crippen LogP contribution in [0.15, 0.2) is 29.2 Å². The van der Waals surface area contributed by atoms with Gasteiger partial charge in [0.25, 0.3) is 0 Å². The standard InChI is InChI=1S/C13H20N2O4S.ClH/c1-4-14-10(2)9-15-20(17,18)12-7-5-11(6-8-12)13(16)19-3;/h5-8,10,14-15H,4,9H2,1-3H3;1H/t10-;/m1./s1. The Morgan fingerprint density at radius 3 is 2.33 bits per heavy atom. The number of hydrogen-bond acceptors (Lipinski definition) is 5. The van der Waals surface area contributed by atoms with Gasteiger partial charge in [0.15, 0.2) is 0 Å². The Hall–Kier alpha value is -1.15. The van der Waals surface area contributed by atoms with Gasteiger partial charge in [-0.05, 0) is 37.7 Å². The quantitative estimate of drug-likeness (QED) is 0.730. The first kappa shape index (κ1) is 19.9. The highest BCUT2D eigenvalue weighted by molar-refractivity contribution is 7.89. The Labute approximate surface area is 131 Å². The molecule has 1 aromatic carbocycles. The molecule has 6 nitrogen and oxygen atoms in total. The Morgan fingerprint density at radius 2 is 1.86 bits per heavy atom. The zero-order chi connectivity index (χ0) is 15.2. The average Bonchev–Trinajstić information content (AvgIpc) is 2.45. The summed E-state index contributed by atoms with van der Waals surface area (Å²) in [7, 11) is -2.29. The van der Waals surface area contributed by atoms with Crippen molar-refractivity contribution in [3.63, 3.8) is 0 Å². The second-order valence-electron chi connectivity index (χ2n) is 4.33. The maximum absolute atomic E-state index is 12.0. The van der Waals surface area contributed by atoms with Crippen molar-refractivity contribution in [1.82, 2.24) is 10.0 Å². The van der Waals surface area contributed by atoms with Crippen LogP contribution in [0.1, 0.15) is 24.2 Å². The van der Waals surface area contributed by atoms with Crippen molar-refractivity contribution < 1.29 is 17.9 Å². The minimum atomic E-state index is -3.56. The van der Waals surface area contributed by atoms with E-state index in [4.69, 9.17) is 0 Å². The molecular formula is C13H21ClN2O4S. The summed E-state index contributed by atoms with van der Waals surface area (Å²) in [6.07, 6.45) is 0. The highest BCUT2D eigenvalue weighted by Crippen LogP contribution is 2.11. The zero-order valence-electron chi connectivity index (χ0n) is 12.3. The molecule has 21 heavy (non-hydrogen) atoms. The Bertz CT molecular complexity index is 546. The number of esters is 1. The van der Waals surface area contributed by atoms with Gasteiger partial charge in [0, 0.05) is 12.6 Å². The monoisotopic (exact) mass is 336 g/mol. The van der Waals surface area contributed by atoms with Gasteiger partial charge in [0.1, 0.15) is 0 Å². The first-order valence-electron chi connectivity index (χ1n) is 6.32. The minimum Gasteiger partial charge on any atom is -0.465 e. The van der Waals surface area contributed by atoms with Gasteiger partial charge in [-0.3, -0.25) is 0 Å². The van der Waals surface area contributed by atoms with Gasteiger partial charge in [-0.15, -0.1) is 12.4 Å². The lowest BCUT2D eigenvalue weighted by Crippen LogP contribution is -2.38. The first-order chi connectivity index (χ1) is 9.40. The summed E-state index contributed by atoms with van der Waals surface area (Å²) in [5.41, 5.74) is 0.312. The number of rotatable bonds is 7. The van der Waals surface area contributed by atoms with Gasteiger partial charge in [-0.25, -0.2) is 17.9 Å². The molecule has 0 bridgehead atoms. The maximum atomic E-state index is 12.0. The minimum absolute atomic E-state index is 0. The smallest absolute Gasteiger partial charge is 0.337 e. The number of methoxy groups -OCH3 is 1. The number of carbonyl (C=O) groups excluding carboxylic acids is 1. The molecule has 1 aromatic rings. The number of hydrogen-bond donors (Lipinski definition) is 2. The number of benzene rings is 1. The molecule has 0 fully saturated rings. The molecule has 1 atom stereocenters. The summed E-state index contributed by atoms with van der Waals surface area (Å²) in [6, 6.07) is 5.66. The largest absolute Gasteiger partial charge is 0.465 e. The van der Waals surface area contributed by atoms with Gasteiger partial charge in [-0.2, -0.15) is 0 Å². The number of halogens is 1. The van der Waals surface area contributed by atoms with E-state index in [1.807, 2.05) is 13.8 Å². The average molecular weight is 337 g/mol. The molecule has 120 valence electrons. The molecular weight excluding hydrogens is 316 g/mol. The van der Waals surface area contributed by atoms with Crippen LogP contribution in [-0.4, -0.2) is 40.6 Å². The molecule has 2 N–H and O–H groups in total. The lowest BCUT2D eigenvalue weighted by Gasteiger charge is -2.13. The number of likely N-dealkylation sites (N-methyl/N-ethyl adjacent to an activating group) is 1. The van der Waals surface area contributed by atoms with Gasteiger partial charge in [0.05, 0.1) is 17.6 Å². The van der Waals surface area contributed by atoms with E-state index in [1.54, 1.807) is 0 Å². The molecule has 0 aliphatic heterocycles. The van der Waals surface area contributed by atoms with E-state index in [2.05, 4.69) is 14.8 Å². The summed E-state index contributed by atoms with van der Waals surface area (Å²) in [5.74, 6) is -0.498. The van der Waals surface area contributed by atoms with Crippen LogP contribution in [-0.2, 0) is 14.8 Å². The molecule has 1 rings (SSSR count). The highest BCUT2D eigenvalue weighted by Gasteiger charge is 2.15. The van der Waals surface area contributed by atoms with Crippen molar-refractivity contribution in [2.24, 2.45) is 0 Å². The summed E-state index contributed by atoms with van der Waals surface area (Å²) in [6.45, 7) is 4.93. The van der Waals surface area contributed by atoms with Gasteiger partial charge in [0.2, 0.25) is 10.0 Å². The normalized spacial score (nSPS) is 12.3. The fourth-order valence-corrected chi connectivity index (χ4v) is 2.76.